The van der Waals surface area contributed by atoms with Gasteiger partial charge in [-0.2, -0.15) is 8.42 Å². The molecule has 10 nitrogen and oxygen atoms in total. The Morgan fingerprint density at radius 2 is 1.67 bits per heavy atom. The zero-order chi connectivity index (χ0) is 28.0. The number of methoxy groups -OCH3 is 1. The lowest BCUT2D eigenvalue weighted by Crippen LogP contribution is -2.40. The predicted octanol–water partition coefficient (Wildman–Crippen LogP) is 4.22. The number of hydrogen-bond acceptors (Lipinski definition) is 9. The summed E-state index contributed by atoms with van der Waals surface area (Å²) in [4.78, 5) is 35.3. The van der Waals surface area contributed by atoms with Crippen LogP contribution in [0.1, 0.15) is 27.9 Å². The topological polar surface area (TPSA) is 148 Å². The van der Waals surface area contributed by atoms with E-state index in [1.165, 1.54) is 41.9 Å². The quantitative estimate of drug-likeness (QED) is 0.134. The lowest BCUT2D eigenvalue weighted by molar-refractivity contribution is -0.150. The molecule has 0 unspecified atom stereocenters. The molecule has 4 aromatic rings. The third-order valence-corrected chi connectivity index (χ3v) is 7.91. The molecule has 0 fully saturated rings. The molecule has 13 heteroatoms. The predicted molar refractivity (Wildman–Crippen MR) is 150 cm³/mol. The van der Waals surface area contributed by atoms with Crippen molar-refractivity contribution in [2.24, 2.45) is 5.92 Å². The molecule has 0 spiro atoms. The van der Waals surface area contributed by atoms with Crippen molar-refractivity contribution in [1.29, 1.82) is 0 Å². The summed E-state index contributed by atoms with van der Waals surface area (Å²) in [7, 11) is -3.16. The fraction of sp³-hybridized carbons (Fsp3) is 0.231. The molecule has 0 saturated carbocycles. The van der Waals surface area contributed by atoms with E-state index in [4.69, 9.17) is 14.3 Å². The van der Waals surface area contributed by atoms with E-state index in [2.05, 4.69) is 10.3 Å². The molecule has 204 valence electrons. The molecule has 2 aromatic carbocycles. The first kappa shape index (κ1) is 28.4. The molecular formula is C26H26N4O6S3. The Labute approximate surface area is 234 Å². The summed E-state index contributed by atoms with van der Waals surface area (Å²) in [6, 6.07) is 14.9. The second-order valence-electron chi connectivity index (χ2n) is 8.63. The first-order valence-electron chi connectivity index (χ1n) is 11.8. The number of ether oxygens (including phenoxy) is 1. The number of carbonyl (C=O) groups is 2. The number of amides is 1. The number of aryl methyl sites for hydroxylation is 1. The van der Waals surface area contributed by atoms with Crippen molar-refractivity contribution in [2.45, 2.75) is 25.8 Å². The van der Waals surface area contributed by atoms with Gasteiger partial charge in [0.1, 0.15) is 16.6 Å². The summed E-state index contributed by atoms with van der Waals surface area (Å²) in [6.45, 7) is 1.91. The van der Waals surface area contributed by atoms with Crippen molar-refractivity contribution < 1.29 is 27.3 Å². The van der Waals surface area contributed by atoms with Crippen LogP contribution in [0, 0.1) is 12.8 Å². The van der Waals surface area contributed by atoms with Gasteiger partial charge in [0.25, 0.3) is 0 Å². The van der Waals surface area contributed by atoms with Gasteiger partial charge in [0.15, 0.2) is 0 Å². The zero-order valence-corrected chi connectivity index (χ0v) is 23.5. The van der Waals surface area contributed by atoms with Gasteiger partial charge in [0.05, 0.1) is 29.5 Å². The van der Waals surface area contributed by atoms with Crippen LogP contribution in [0.2, 0.25) is 0 Å². The molecule has 0 saturated heterocycles. The molecule has 3 N–H and O–H groups in total. The maximum Gasteiger partial charge on any atom is 0.357 e. The van der Waals surface area contributed by atoms with Crippen LogP contribution in [-0.4, -0.2) is 41.9 Å². The van der Waals surface area contributed by atoms with Crippen molar-refractivity contribution in [3.8, 4) is 10.7 Å². The minimum Gasteiger partial charge on any atom is -0.468 e. The number of aromatic nitrogens is 2. The van der Waals surface area contributed by atoms with Crippen molar-refractivity contribution in [2.75, 3.05) is 11.8 Å². The fourth-order valence-corrected chi connectivity index (χ4v) is 5.83. The smallest absolute Gasteiger partial charge is 0.357 e. The minimum atomic E-state index is -4.40. The number of benzene rings is 2. The lowest BCUT2D eigenvalue weighted by Gasteiger charge is -2.21. The van der Waals surface area contributed by atoms with E-state index in [9.17, 15) is 18.0 Å². The number of carbonyl (C=O) groups excluding carboxylic acids is 2. The van der Waals surface area contributed by atoms with E-state index >= 15 is 0 Å². The normalized spacial score (nSPS) is 12.9. The van der Waals surface area contributed by atoms with Gasteiger partial charge < -0.3 is 10.1 Å². The molecule has 0 bridgehead atoms. The minimum absolute atomic E-state index is 0.169. The summed E-state index contributed by atoms with van der Waals surface area (Å²) >= 11 is 2.91. The number of nitrogens with zero attached hydrogens (tertiary/aromatic N) is 2. The van der Waals surface area contributed by atoms with Gasteiger partial charge in [0, 0.05) is 10.8 Å². The Kier molecular flexibility index (Phi) is 9.07. The van der Waals surface area contributed by atoms with Crippen LogP contribution in [0.3, 0.4) is 0 Å². The van der Waals surface area contributed by atoms with Crippen LogP contribution in [0.15, 0.2) is 65.4 Å². The molecule has 0 aliphatic heterocycles. The van der Waals surface area contributed by atoms with Gasteiger partial charge in [-0.25, -0.2) is 9.97 Å². The van der Waals surface area contributed by atoms with E-state index < -0.39 is 34.1 Å². The number of thiazole rings is 2. The second kappa shape index (κ2) is 12.5. The highest BCUT2D eigenvalue weighted by molar-refractivity contribution is 7.87. The van der Waals surface area contributed by atoms with E-state index in [0.29, 0.717) is 17.1 Å². The summed E-state index contributed by atoms with van der Waals surface area (Å²) in [5.74, 6) is -2.22. The van der Waals surface area contributed by atoms with Crippen LogP contribution >= 0.6 is 22.7 Å². The Hall–Kier alpha value is -3.65. The lowest BCUT2D eigenvalue weighted by atomic mass is 9.97. The van der Waals surface area contributed by atoms with Gasteiger partial charge >= 0.3 is 16.3 Å². The molecule has 0 aliphatic carbocycles. The van der Waals surface area contributed by atoms with Crippen molar-refractivity contribution in [3.63, 3.8) is 0 Å². The first-order chi connectivity index (χ1) is 18.6. The molecule has 0 radical (unpaired) electrons. The standard InChI is InChI=1S/C26H26N4O6S3/c1-16-27-23(15-37-16)25-29-22(14-38-25)21(13-18-8-10-19(11-9-18)30-39(33,34)35)28-24(31)20(26(32)36-2)12-17-6-4-3-5-7-17/h3-11,14-15,20-21,30H,12-13H2,1-2H3,(H,28,31)(H,33,34,35)/t20-,21-/m0/s1. The van der Waals surface area contributed by atoms with Crippen LogP contribution < -0.4 is 10.0 Å². The van der Waals surface area contributed by atoms with E-state index in [0.717, 1.165) is 21.8 Å². The summed E-state index contributed by atoms with van der Waals surface area (Å²) < 4.78 is 38.2. The maximum atomic E-state index is 13.5. The Bertz CT molecular complexity index is 1540. The Morgan fingerprint density at radius 3 is 2.28 bits per heavy atom. The van der Waals surface area contributed by atoms with Crippen LogP contribution in [-0.2, 0) is 37.5 Å². The Balaban J connectivity index is 1.61. The number of hydrogen-bond donors (Lipinski definition) is 3. The first-order valence-corrected chi connectivity index (χ1v) is 15.0. The van der Waals surface area contributed by atoms with Crippen molar-refractivity contribution in [1.82, 2.24) is 15.3 Å². The van der Waals surface area contributed by atoms with Crippen molar-refractivity contribution in [3.05, 3.63) is 87.2 Å². The average Bonchev–Trinajstić information content (AvgIpc) is 3.56. The largest absolute Gasteiger partial charge is 0.468 e. The molecular weight excluding hydrogens is 561 g/mol. The molecule has 2 atom stereocenters. The summed E-state index contributed by atoms with van der Waals surface area (Å²) in [6.07, 6.45) is 0.471. The van der Waals surface area contributed by atoms with Gasteiger partial charge in [-0.3, -0.25) is 18.9 Å². The van der Waals surface area contributed by atoms with E-state index in [-0.39, 0.29) is 12.1 Å². The highest BCUT2D eigenvalue weighted by Crippen LogP contribution is 2.29. The van der Waals surface area contributed by atoms with Crippen LogP contribution in [0.25, 0.3) is 10.7 Å². The molecule has 0 aliphatic rings. The van der Waals surface area contributed by atoms with E-state index in [1.54, 1.807) is 12.1 Å². The number of esters is 1. The number of nitrogens with one attached hydrogen (secondary N) is 2. The highest BCUT2D eigenvalue weighted by atomic mass is 32.2. The summed E-state index contributed by atoms with van der Waals surface area (Å²) in [5.41, 5.74) is 3.10. The molecule has 39 heavy (non-hydrogen) atoms. The SMILES string of the molecule is COC(=O)[C@@H](Cc1ccccc1)C(=O)N[C@@H](Cc1ccc(NS(=O)(=O)O)cc1)c1csc(-c2csc(C)n2)n1. The van der Waals surface area contributed by atoms with Crippen molar-refractivity contribution >= 4 is 50.5 Å². The average molecular weight is 587 g/mol. The van der Waals surface area contributed by atoms with Gasteiger partial charge in [0.2, 0.25) is 5.91 Å². The monoisotopic (exact) mass is 586 g/mol. The maximum absolute atomic E-state index is 13.5. The van der Waals surface area contributed by atoms with E-state index in [1.807, 2.05) is 52.7 Å². The van der Waals surface area contributed by atoms with Gasteiger partial charge in [-0.05, 0) is 43.0 Å². The summed E-state index contributed by atoms with van der Waals surface area (Å²) in [5, 5.41) is 8.35. The fourth-order valence-electron chi connectivity index (χ4n) is 3.90. The Morgan fingerprint density at radius 1 is 0.974 bits per heavy atom. The molecule has 1 amide bonds. The third kappa shape index (κ3) is 7.93. The number of rotatable bonds is 11. The number of anilines is 1. The van der Waals surface area contributed by atoms with Gasteiger partial charge in [-0.1, -0.05) is 42.5 Å². The molecule has 4 rings (SSSR count). The highest BCUT2D eigenvalue weighted by Gasteiger charge is 2.31. The second-order valence-corrected chi connectivity index (χ2v) is 11.7. The van der Waals surface area contributed by atoms with Gasteiger partial charge in [-0.15, -0.1) is 22.7 Å². The third-order valence-electron chi connectivity index (χ3n) is 5.76. The molecule has 2 heterocycles. The molecule has 2 aromatic heterocycles. The van der Waals surface area contributed by atoms with Crippen LogP contribution in [0.5, 0.6) is 0 Å². The van der Waals surface area contributed by atoms with Crippen LogP contribution in [0.4, 0.5) is 5.69 Å². The zero-order valence-electron chi connectivity index (χ0n) is 21.0.